The third kappa shape index (κ3) is 7.73. The van der Waals surface area contributed by atoms with Crippen molar-refractivity contribution in [3.63, 3.8) is 0 Å². The molecular weight excluding hydrogens is 465 g/mol. The van der Waals surface area contributed by atoms with E-state index < -0.39 is 0 Å². The van der Waals surface area contributed by atoms with E-state index in [9.17, 15) is 0 Å². The second-order valence-electron chi connectivity index (χ2n) is 7.76. The predicted octanol–water partition coefficient (Wildman–Crippen LogP) is 3.51. The summed E-state index contributed by atoms with van der Waals surface area (Å²) in [6, 6.07) is 4.30. The number of ether oxygens (including phenoxy) is 1. The molecule has 1 saturated heterocycles. The second kappa shape index (κ2) is 12.5. The fraction of sp³-hybridized carbons (Fsp3) is 0.714. The van der Waals surface area contributed by atoms with Crippen molar-refractivity contribution < 1.29 is 4.74 Å². The van der Waals surface area contributed by atoms with Gasteiger partial charge in [-0.3, -0.25) is 4.99 Å². The topological polar surface area (TPSA) is 53.0 Å². The fourth-order valence-corrected chi connectivity index (χ4v) is 3.45. The molecule has 158 valence electrons. The van der Waals surface area contributed by atoms with E-state index in [1.54, 1.807) is 0 Å². The number of nitrogens with one attached hydrogen (secondary N) is 1. The molecule has 3 rings (SSSR count). The quantitative estimate of drug-likeness (QED) is 0.256. The molecular formula is C21H36IN5O. The molecule has 0 aromatic carbocycles. The van der Waals surface area contributed by atoms with Gasteiger partial charge in [-0.1, -0.05) is 12.8 Å². The summed E-state index contributed by atoms with van der Waals surface area (Å²) in [5.74, 6) is 2.82. The van der Waals surface area contributed by atoms with E-state index in [0.29, 0.717) is 0 Å². The summed E-state index contributed by atoms with van der Waals surface area (Å²) in [6.45, 7) is 5.51. The average molecular weight is 501 g/mol. The number of rotatable bonds is 8. The van der Waals surface area contributed by atoms with Crippen LogP contribution in [0.4, 0.5) is 5.82 Å². The van der Waals surface area contributed by atoms with Gasteiger partial charge in [0.1, 0.15) is 5.82 Å². The second-order valence-corrected chi connectivity index (χ2v) is 7.76. The van der Waals surface area contributed by atoms with Crippen molar-refractivity contribution in [2.45, 2.75) is 45.1 Å². The third-order valence-corrected chi connectivity index (χ3v) is 5.39. The lowest BCUT2D eigenvalue weighted by Gasteiger charge is -2.23. The van der Waals surface area contributed by atoms with Gasteiger partial charge in [-0.2, -0.15) is 0 Å². The molecule has 6 nitrogen and oxygen atoms in total. The average Bonchev–Trinajstić information content (AvgIpc) is 3.53. The Bertz CT molecular complexity index is 600. The maximum Gasteiger partial charge on any atom is 0.193 e. The molecule has 0 atom stereocenters. The first kappa shape index (κ1) is 23.2. The van der Waals surface area contributed by atoms with E-state index in [2.05, 4.69) is 44.3 Å². The van der Waals surface area contributed by atoms with E-state index in [0.717, 1.165) is 57.1 Å². The van der Waals surface area contributed by atoms with Crippen LogP contribution in [0.2, 0.25) is 0 Å². The molecule has 1 aliphatic heterocycles. The standard InChI is InChI=1S/C21H35N5O.HI/c1-22-21(25(2)13-14-27-17-18-7-8-18)24-16-19-9-10-23-20(15-19)26-11-5-3-4-6-12-26;/h9-10,15,18H,3-8,11-14,16-17H2,1-2H3,(H,22,24);1H. The molecule has 2 heterocycles. The van der Waals surface area contributed by atoms with Crippen LogP contribution in [0.15, 0.2) is 23.3 Å². The van der Waals surface area contributed by atoms with Gasteiger partial charge in [-0.25, -0.2) is 4.98 Å². The smallest absolute Gasteiger partial charge is 0.193 e. The van der Waals surface area contributed by atoms with Crippen molar-refractivity contribution in [1.82, 2.24) is 15.2 Å². The molecule has 1 aromatic heterocycles. The predicted molar refractivity (Wildman–Crippen MR) is 127 cm³/mol. The molecule has 1 saturated carbocycles. The summed E-state index contributed by atoms with van der Waals surface area (Å²) in [7, 11) is 3.89. The zero-order valence-electron chi connectivity index (χ0n) is 17.4. The Balaban J connectivity index is 0.00000280. The Morgan fingerprint density at radius 2 is 2.04 bits per heavy atom. The lowest BCUT2D eigenvalue weighted by Crippen LogP contribution is -2.40. The number of hydrogen-bond acceptors (Lipinski definition) is 4. The van der Waals surface area contributed by atoms with Gasteiger partial charge in [0.2, 0.25) is 0 Å². The first-order valence-electron chi connectivity index (χ1n) is 10.5. The van der Waals surface area contributed by atoms with Crippen LogP contribution in [0, 0.1) is 5.92 Å². The van der Waals surface area contributed by atoms with Gasteiger partial charge in [0.05, 0.1) is 6.61 Å². The van der Waals surface area contributed by atoms with Gasteiger partial charge in [0.25, 0.3) is 0 Å². The summed E-state index contributed by atoms with van der Waals surface area (Å²) in [5.41, 5.74) is 1.24. The number of nitrogens with zero attached hydrogens (tertiary/aromatic N) is 4. The summed E-state index contributed by atoms with van der Waals surface area (Å²) in [5, 5.41) is 3.46. The molecule has 0 amide bonds. The minimum Gasteiger partial charge on any atom is -0.379 e. The zero-order chi connectivity index (χ0) is 18.9. The van der Waals surface area contributed by atoms with Crippen LogP contribution < -0.4 is 10.2 Å². The largest absolute Gasteiger partial charge is 0.379 e. The zero-order valence-corrected chi connectivity index (χ0v) is 19.7. The van der Waals surface area contributed by atoms with Gasteiger partial charge < -0.3 is 19.9 Å². The molecule has 1 aliphatic carbocycles. The Morgan fingerprint density at radius 3 is 2.71 bits per heavy atom. The number of anilines is 1. The van der Waals surface area contributed by atoms with Gasteiger partial charge in [0, 0.05) is 53.1 Å². The van der Waals surface area contributed by atoms with E-state index in [1.807, 2.05) is 13.2 Å². The van der Waals surface area contributed by atoms with Crippen molar-refractivity contribution in [2.75, 3.05) is 51.8 Å². The van der Waals surface area contributed by atoms with Crippen LogP contribution in [0.1, 0.15) is 44.1 Å². The van der Waals surface area contributed by atoms with Crippen molar-refractivity contribution >= 4 is 35.8 Å². The first-order chi connectivity index (χ1) is 13.3. The van der Waals surface area contributed by atoms with Crippen molar-refractivity contribution in [3.05, 3.63) is 23.9 Å². The van der Waals surface area contributed by atoms with Crippen LogP contribution in [-0.4, -0.2) is 62.8 Å². The highest BCUT2D eigenvalue weighted by molar-refractivity contribution is 14.0. The molecule has 1 N–H and O–H groups in total. The molecule has 0 spiro atoms. The Labute approximate surface area is 187 Å². The highest BCUT2D eigenvalue weighted by Gasteiger charge is 2.21. The lowest BCUT2D eigenvalue weighted by molar-refractivity contribution is 0.115. The number of pyridine rings is 1. The number of likely N-dealkylation sites (N-methyl/N-ethyl adjacent to an activating group) is 1. The summed E-state index contributed by atoms with van der Waals surface area (Å²) in [6.07, 6.45) is 9.81. The van der Waals surface area contributed by atoms with Gasteiger partial charge in [-0.15, -0.1) is 24.0 Å². The number of aliphatic imine (C=N–C) groups is 1. The van der Waals surface area contributed by atoms with E-state index in [1.165, 1.54) is 44.1 Å². The van der Waals surface area contributed by atoms with Gasteiger partial charge >= 0.3 is 0 Å². The van der Waals surface area contributed by atoms with Crippen LogP contribution in [-0.2, 0) is 11.3 Å². The minimum atomic E-state index is 0. The Kier molecular flexibility index (Phi) is 10.3. The molecule has 2 fully saturated rings. The molecule has 0 unspecified atom stereocenters. The number of guanidine groups is 1. The van der Waals surface area contributed by atoms with Crippen molar-refractivity contribution in [2.24, 2.45) is 10.9 Å². The summed E-state index contributed by atoms with van der Waals surface area (Å²) >= 11 is 0. The highest BCUT2D eigenvalue weighted by atomic mass is 127. The van der Waals surface area contributed by atoms with E-state index in [4.69, 9.17) is 4.74 Å². The molecule has 7 heteroatoms. The van der Waals surface area contributed by atoms with Gasteiger partial charge in [0.15, 0.2) is 5.96 Å². The monoisotopic (exact) mass is 501 g/mol. The highest BCUT2D eigenvalue weighted by Crippen LogP contribution is 2.28. The van der Waals surface area contributed by atoms with Crippen LogP contribution >= 0.6 is 24.0 Å². The van der Waals surface area contributed by atoms with Crippen LogP contribution in [0.3, 0.4) is 0 Å². The summed E-state index contributed by atoms with van der Waals surface area (Å²) in [4.78, 5) is 13.6. The maximum absolute atomic E-state index is 5.74. The molecule has 0 radical (unpaired) electrons. The van der Waals surface area contributed by atoms with E-state index >= 15 is 0 Å². The minimum absolute atomic E-state index is 0. The third-order valence-electron chi connectivity index (χ3n) is 5.39. The molecule has 2 aliphatic rings. The normalized spacial score (nSPS) is 17.6. The number of aromatic nitrogens is 1. The first-order valence-corrected chi connectivity index (χ1v) is 10.5. The number of hydrogen-bond donors (Lipinski definition) is 1. The number of halogens is 1. The SMILES string of the molecule is CN=C(NCc1ccnc(N2CCCCCC2)c1)N(C)CCOCC1CC1.I. The van der Waals surface area contributed by atoms with Crippen molar-refractivity contribution in [1.29, 1.82) is 0 Å². The van der Waals surface area contributed by atoms with Crippen LogP contribution in [0.5, 0.6) is 0 Å². The van der Waals surface area contributed by atoms with Crippen molar-refractivity contribution in [3.8, 4) is 0 Å². The summed E-state index contributed by atoms with van der Waals surface area (Å²) < 4.78 is 5.74. The van der Waals surface area contributed by atoms with Gasteiger partial charge in [-0.05, 0) is 49.3 Å². The van der Waals surface area contributed by atoms with Crippen LogP contribution in [0.25, 0.3) is 0 Å². The molecule has 0 bridgehead atoms. The Hall–Kier alpha value is -1.09. The maximum atomic E-state index is 5.74. The van der Waals surface area contributed by atoms with E-state index in [-0.39, 0.29) is 24.0 Å². The lowest BCUT2D eigenvalue weighted by atomic mass is 10.2. The Morgan fingerprint density at radius 1 is 1.29 bits per heavy atom. The fourth-order valence-electron chi connectivity index (χ4n) is 3.45. The molecule has 28 heavy (non-hydrogen) atoms. The molecule has 1 aromatic rings.